The number of hydrogen-bond donors (Lipinski definition) is 2. The first-order valence-corrected chi connectivity index (χ1v) is 2.77. The lowest BCUT2D eigenvalue weighted by Crippen LogP contribution is -2.32. The molecule has 0 heterocycles. The van der Waals surface area contributed by atoms with Crippen molar-refractivity contribution in [3.05, 3.63) is 0 Å². The fraction of sp³-hybridized carbons (Fsp3) is 0.800. The standard InChI is InChI=1S/C5H12N2O2/c1-9-3-2-7-5(8)4-6/h2-4,6H2,1H3,(H,7,8). The van der Waals surface area contributed by atoms with Crippen LogP contribution in [0.3, 0.4) is 0 Å². The molecular weight excluding hydrogens is 120 g/mol. The third-order valence-corrected chi connectivity index (χ3v) is 0.814. The lowest BCUT2D eigenvalue weighted by molar-refractivity contribution is -0.119. The summed E-state index contributed by atoms with van der Waals surface area (Å²) in [4.78, 5) is 10.4. The Morgan fingerprint density at radius 1 is 1.78 bits per heavy atom. The predicted molar refractivity (Wildman–Crippen MR) is 33.9 cm³/mol. The maximum absolute atomic E-state index is 10.4. The smallest absolute Gasteiger partial charge is 0.233 e. The molecule has 0 radical (unpaired) electrons. The average Bonchev–Trinajstić information content (AvgIpc) is 1.89. The molecule has 54 valence electrons. The molecule has 9 heavy (non-hydrogen) atoms. The van der Waals surface area contributed by atoms with Crippen LogP contribution in [0.15, 0.2) is 0 Å². The molecule has 0 aliphatic rings. The highest BCUT2D eigenvalue weighted by Gasteiger charge is 1.92. The van der Waals surface area contributed by atoms with Gasteiger partial charge < -0.3 is 15.8 Å². The van der Waals surface area contributed by atoms with Crippen molar-refractivity contribution < 1.29 is 9.53 Å². The van der Waals surface area contributed by atoms with Crippen molar-refractivity contribution in [1.82, 2.24) is 5.32 Å². The summed E-state index contributed by atoms with van der Waals surface area (Å²) in [5.41, 5.74) is 5.00. The van der Waals surface area contributed by atoms with Gasteiger partial charge in [0.05, 0.1) is 13.2 Å². The van der Waals surface area contributed by atoms with Crippen LogP contribution >= 0.6 is 0 Å². The predicted octanol–water partition coefficient (Wildman–Crippen LogP) is -1.29. The molecule has 0 aliphatic carbocycles. The topological polar surface area (TPSA) is 64.3 Å². The second kappa shape index (κ2) is 5.53. The number of nitrogens with one attached hydrogen (secondary N) is 1. The molecule has 0 aromatic heterocycles. The minimum Gasteiger partial charge on any atom is -0.383 e. The van der Waals surface area contributed by atoms with E-state index in [-0.39, 0.29) is 12.5 Å². The summed E-state index contributed by atoms with van der Waals surface area (Å²) in [6.07, 6.45) is 0. The van der Waals surface area contributed by atoms with Gasteiger partial charge in [0.1, 0.15) is 0 Å². The molecule has 0 aliphatic heterocycles. The van der Waals surface area contributed by atoms with Gasteiger partial charge in [-0.1, -0.05) is 0 Å². The van der Waals surface area contributed by atoms with Gasteiger partial charge in [0.15, 0.2) is 0 Å². The highest BCUT2D eigenvalue weighted by molar-refractivity contribution is 5.77. The van der Waals surface area contributed by atoms with Gasteiger partial charge in [0, 0.05) is 13.7 Å². The number of nitrogens with two attached hydrogens (primary N) is 1. The number of amides is 1. The van der Waals surface area contributed by atoms with Crippen LogP contribution in [-0.4, -0.2) is 32.7 Å². The second-order valence-electron chi connectivity index (χ2n) is 1.55. The Labute approximate surface area is 54.4 Å². The van der Waals surface area contributed by atoms with Crippen LogP contribution in [0.4, 0.5) is 0 Å². The van der Waals surface area contributed by atoms with Gasteiger partial charge in [0.2, 0.25) is 5.91 Å². The second-order valence-corrected chi connectivity index (χ2v) is 1.55. The monoisotopic (exact) mass is 132 g/mol. The molecule has 4 heteroatoms. The van der Waals surface area contributed by atoms with Crippen molar-refractivity contribution in [2.75, 3.05) is 26.8 Å². The Morgan fingerprint density at radius 2 is 2.44 bits per heavy atom. The molecule has 0 rings (SSSR count). The normalized spacial score (nSPS) is 9.11. The van der Waals surface area contributed by atoms with Gasteiger partial charge in [-0.2, -0.15) is 0 Å². The van der Waals surface area contributed by atoms with Crippen LogP contribution in [0.1, 0.15) is 0 Å². The SMILES string of the molecule is COCCNC(=O)CN. The molecule has 1 amide bonds. The van der Waals surface area contributed by atoms with Gasteiger partial charge in [-0.15, -0.1) is 0 Å². The molecule has 0 atom stereocenters. The number of carbonyl (C=O) groups is 1. The van der Waals surface area contributed by atoms with Gasteiger partial charge >= 0.3 is 0 Å². The largest absolute Gasteiger partial charge is 0.383 e. The number of carbonyl (C=O) groups excluding carboxylic acids is 1. The maximum atomic E-state index is 10.4. The Balaban J connectivity index is 2.97. The third-order valence-electron chi connectivity index (χ3n) is 0.814. The van der Waals surface area contributed by atoms with Crippen molar-refractivity contribution in [1.29, 1.82) is 0 Å². The van der Waals surface area contributed by atoms with Crippen LogP contribution in [-0.2, 0) is 9.53 Å². The van der Waals surface area contributed by atoms with E-state index in [2.05, 4.69) is 10.1 Å². The first-order chi connectivity index (χ1) is 4.31. The molecule has 0 aromatic rings. The van der Waals surface area contributed by atoms with Gasteiger partial charge in [-0.3, -0.25) is 4.79 Å². The molecule has 0 saturated heterocycles. The molecule has 0 fully saturated rings. The molecule has 0 unspecified atom stereocenters. The van der Waals surface area contributed by atoms with Crippen LogP contribution in [0.2, 0.25) is 0 Å². The minimum absolute atomic E-state index is 0.0454. The van der Waals surface area contributed by atoms with Crippen LogP contribution in [0.25, 0.3) is 0 Å². The quantitative estimate of drug-likeness (QED) is 0.468. The van der Waals surface area contributed by atoms with Crippen molar-refractivity contribution >= 4 is 5.91 Å². The molecule has 4 nitrogen and oxygen atoms in total. The number of rotatable bonds is 4. The van der Waals surface area contributed by atoms with Crippen LogP contribution in [0.5, 0.6) is 0 Å². The molecule has 0 spiro atoms. The summed E-state index contributed by atoms with van der Waals surface area (Å²) in [5, 5.41) is 2.54. The highest BCUT2D eigenvalue weighted by Crippen LogP contribution is 1.63. The van der Waals surface area contributed by atoms with E-state index in [0.29, 0.717) is 13.2 Å². The molecule has 0 bridgehead atoms. The molecule has 0 saturated carbocycles. The zero-order valence-electron chi connectivity index (χ0n) is 5.52. The lowest BCUT2D eigenvalue weighted by Gasteiger charge is -1.99. The van der Waals surface area contributed by atoms with Crippen molar-refractivity contribution in [3.8, 4) is 0 Å². The number of ether oxygens (including phenoxy) is 1. The van der Waals surface area contributed by atoms with Crippen LogP contribution in [0, 0.1) is 0 Å². The van der Waals surface area contributed by atoms with Gasteiger partial charge in [-0.25, -0.2) is 0 Å². The number of methoxy groups -OCH3 is 1. The van der Waals surface area contributed by atoms with Crippen molar-refractivity contribution in [2.24, 2.45) is 5.73 Å². The van der Waals surface area contributed by atoms with Crippen molar-refractivity contribution in [3.63, 3.8) is 0 Å². The van der Waals surface area contributed by atoms with E-state index in [4.69, 9.17) is 5.73 Å². The maximum Gasteiger partial charge on any atom is 0.233 e. The molecule has 0 aromatic carbocycles. The summed E-state index contributed by atoms with van der Waals surface area (Å²) in [6.45, 7) is 1.11. The zero-order valence-corrected chi connectivity index (χ0v) is 5.52. The van der Waals surface area contributed by atoms with E-state index in [9.17, 15) is 4.79 Å². The highest BCUT2D eigenvalue weighted by atomic mass is 16.5. The molecular formula is C5H12N2O2. The van der Waals surface area contributed by atoms with E-state index in [1.807, 2.05) is 0 Å². The van der Waals surface area contributed by atoms with Crippen LogP contribution < -0.4 is 11.1 Å². The fourth-order valence-corrected chi connectivity index (χ4v) is 0.365. The Kier molecular flexibility index (Phi) is 5.15. The molecule has 3 N–H and O–H groups in total. The van der Waals surface area contributed by atoms with E-state index >= 15 is 0 Å². The van der Waals surface area contributed by atoms with E-state index in [0.717, 1.165) is 0 Å². The lowest BCUT2D eigenvalue weighted by atomic mass is 10.6. The zero-order chi connectivity index (χ0) is 7.11. The Bertz CT molecular complexity index is 85.0. The number of hydrogen-bond acceptors (Lipinski definition) is 3. The summed E-state index contributed by atoms with van der Waals surface area (Å²) in [7, 11) is 1.58. The van der Waals surface area contributed by atoms with E-state index in [1.165, 1.54) is 0 Å². The first kappa shape index (κ1) is 8.39. The summed E-state index contributed by atoms with van der Waals surface area (Å²) < 4.78 is 4.68. The first-order valence-electron chi connectivity index (χ1n) is 2.77. The van der Waals surface area contributed by atoms with Crippen molar-refractivity contribution in [2.45, 2.75) is 0 Å². The average molecular weight is 132 g/mol. The minimum atomic E-state index is -0.146. The fourth-order valence-electron chi connectivity index (χ4n) is 0.365. The van der Waals surface area contributed by atoms with Gasteiger partial charge in [-0.05, 0) is 0 Å². The summed E-state index contributed by atoms with van der Waals surface area (Å²) in [6, 6.07) is 0. The van der Waals surface area contributed by atoms with E-state index < -0.39 is 0 Å². The van der Waals surface area contributed by atoms with Gasteiger partial charge in [0.25, 0.3) is 0 Å². The Morgan fingerprint density at radius 3 is 2.89 bits per heavy atom. The third kappa shape index (κ3) is 5.26. The summed E-state index contributed by atoms with van der Waals surface area (Å²) >= 11 is 0. The summed E-state index contributed by atoms with van der Waals surface area (Å²) in [5.74, 6) is -0.146. The van der Waals surface area contributed by atoms with E-state index in [1.54, 1.807) is 7.11 Å². The Hall–Kier alpha value is -0.610.